The van der Waals surface area contributed by atoms with Crippen molar-refractivity contribution in [3.8, 4) is 0 Å². The van der Waals surface area contributed by atoms with Gasteiger partial charge < -0.3 is 10.3 Å². The summed E-state index contributed by atoms with van der Waals surface area (Å²) >= 11 is 0. The molecule has 1 atom stereocenters. The fourth-order valence-electron chi connectivity index (χ4n) is 1.96. The molecular formula is C13H18N4O2S. The Bertz CT molecular complexity index is 653. The van der Waals surface area contributed by atoms with Crippen LogP contribution in [0.1, 0.15) is 25.2 Å². The molecule has 1 heterocycles. The van der Waals surface area contributed by atoms with Crippen molar-refractivity contribution in [2.45, 2.75) is 24.3 Å². The van der Waals surface area contributed by atoms with Crippen LogP contribution in [0.3, 0.4) is 0 Å². The summed E-state index contributed by atoms with van der Waals surface area (Å²) in [6.07, 6.45) is 3.89. The van der Waals surface area contributed by atoms with Crippen molar-refractivity contribution in [2.24, 2.45) is 0 Å². The molecule has 0 amide bonds. The van der Waals surface area contributed by atoms with E-state index in [1.807, 2.05) is 6.92 Å². The molecule has 0 radical (unpaired) electrons. The van der Waals surface area contributed by atoms with Crippen molar-refractivity contribution < 1.29 is 8.42 Å². The number of imidazole rings is 1. The second-order valence-electron chi connectivity index (χ2n) is 4.30. The Kier molecular flexibility index (Phi) is 4.41. The van der Waals surface area contributed by atoms with Crippen molar-refractivity contribution in [3.05, 3.63) is 42.5 Å². The molecule has 2 aromatic rings. The minimum absolute atomic E-state index is 0.229. The summed E-state index contributed by atoms with van der Waals surface area (Å²) in [5.41, 5.74) is 0.564. The molecule has 0 spiro atoms. The third-order valence-corrected chi connectivity index (χ3v) is 4.53. The Balaban J connectivity index is 2.31. The van der Waals surface area contributed by atoms with Crippen LogP contribution in [0.2, 0.25) is 0 Å². The van der Waals surface area contributed by atoms with E-state index in [1.54, 1.807) is 43.7 Å². The van der Waals surface area contributed by atoms with Gasteiger partial charge in [0.1, 0.15) is 10.7 Å². The monoisotopic (exact) mass is 294 g/mol. The molecule has 0 bridgehead atoms. The Morgan fingerprint density at radius 2 is 2.10 bits per heavy atom. The molecule has 6 nitrogen and oxygen atoms in total. The predicted octanol–water partition coefficient (Wildman–Crippen LogP) is 1.88. The molecule has 0 fully saturated rings. The van der Waals surface area contributed by atoms with Crippen molar-refractivity contribution >= 4 is 15.7 Å². The van der Waals surface area contributed by atoms with Gasteiger partial charge in [0, 0.05) is 19.4 Å². The largest absolute Gasteiger partial charge is 0.387 e. The van der Waals surface area contributed by atoms with Crippen LogP contribution in [-0.4, -0.2) is 25.4 Å². The molecule has 7 heteroatoms. The first-order valence-corrected chi connectivity index (χ1v) is 7.85. The molecule has 0 aliphatic carbocycles. The molecule has 0 aliphatic heterocycles. The standard InChI is InChI=1S/C13H18N4O2S/c1-3-10(13-15-8-9-16-13)17-20(18,19)12-7-5-4-6-11(12)14-2/h4-10,14,17H,3H2,1-2H3,(H,15,16). The van der Waals surface area contributed by atoms with Crippen molar-refractivity contribution in [3.63, 3.8) is 0 Å². The number of anilines is 1. The molecule has 3 N–H and O–H groups in total. The number of hydrogen-bond donors (Lipinski definition) is 3. The highest BCUT2D eigenvalue weighted by Crippen LogP contribution is 2.23. The Hall–Kier alpha value is -1.86. The highest BCUT2D eigenvalue weighted by molar-refractivity contribution is 7.89. The summed E-state index contributed by atoms with van der Waals surface area (Å²) in [5.74, 6) is 0.609. The van der Waals surface area contributed by atoms with E-state index in [2.05, 4.69) is 20.0 Å². The number of benzene rings is 1. The van der Waals surface area contributed by atoms with Gasteiger partial charge in [-0.25, -0.2) is 18.1 Å². The molecule has 0 saturated carbocycles. The van der Waals surface area contributed by atoms with Crippen LogP contribution in [0, 0.1) is 0 Å². The summed E-state index contributed by atoms with van der Waals surface area (Å²) < 4.78 is 27.6. The second kappa shape index (κ2) is 6.06. The van der Waals surface area contributed by atoms with Gasteiger partial charge in [0.25, 0.3) is 0 Å². The number of H-pyrrole nitrogens is 1. The minimum Gasteiger partial charge on any atom is -0.387 e. The second-order valence-corrected chi connectivity index (χ2v) is 5.99. The smallest absolute Gasteiger partial charge is 0.243 e. The minimum atomic E-state index is -3.61. The first kappa shape index (κ1) is 14.5. The van der Waals surface area contributed by atoms with E-state index in [0.717, 1.165) is 0 Å². The lowest BCUT2D eigenvalue weighted by molar-refractivity contribution is 0.539. The number of rotatable bonds is 6. The maximum absolute atomic E-state index is 12.5. The van der Waals surface area contributed by atoms with Gasteiger partial charge >= 0.3 is 0 Å². The van der Waals surface area contributed by atoms with E-state index in [-0.39, 0.29) is 10.9 Å². The summed E-state index contributed by atoms with van der Waals surface area (Å²) in [5, 5.41) is 2.89. The average Bonchev–Trinajstić information content (AvgIpc) is 2.98. The molecule has 108 valence electrons. The van der Waals surface area contributed by atoms with Crippen LogP contribution in [0.4, 0.5) is 5.69 Å². The number of aromatic amines is 1. The first-order chi connectivity index (χ1) is 9.58. The predicted molar refractivity (Wildman–Crippen MR) is 77.9 cm³/mol. The van der Waals surface area contributed by atoms with Gasteiger partial charge in [0.05, 0.1) is 11.7 Å². The van der Waals surface area contributed by atoms with Crippen molar-refractivity contribution in [2.75, 3.05) is 12.4 Å². The van der Waals surface area contributed by atoms with Gasteiger partial charge in [0.15, 0.2) is 0 Å². The molecule has 1 aromatic carbocycles. The normalized spacial score (nSPS) is 13.1. The fraction of sp³-hybridized carbons (Fsp3) is 0.308. The lowest BCUT2D eigenvalue weighted by Gasteiger charge is -2.16. The van der Waals surface area contributed by atoms with Crippen LogP contribution in [0.15, 0.2) is 41.6 Å². The molecule has 0 aliphatic rings. The topological polar surface area (TPSA) is 86.9 Å². The summed E-state index contributed by atoms with van der Waals surface area (Å²) in [6.45, 7) is 1.90. The van der Waals surface area contributed by atoms with Gasteiger partial charge in [-0.2, -0.15) is 0 Å². The van der Waals surface area contributed by atoms with E-state index in [1.165, 1.54) is 0 Å². The maximum Gasteiger partial charge on any atom is 0.243 e. The molecular weight excluding hydrogens is 276 g/mol. The maximum atomic E-state index is 12.5. The summed E-state index contributed by atoms with van der Waals surface area (Å²) in [4.78, 5) is 7.28. The van der Waals surface area contributed by atoms with Crippen molar-refractivity contribution in [1.82, 2.24) is 14.7 Å². The summed E-state index contributed by atoms with van der Waals surface area (Å²) in [7, 11) is -1.92. The Labute approximate surface area is 118 Å². The number of nitrogens with zero attached hydrogens (tertiary/aromatic N) is 1. The quantitative estimate of drug-likeness (QED) is 0.759. The van der Waals surface area contributed by atoms with Gasteiger partial charge in [-0.15, -0.1) is 0 Å². The highest BCUT2D eigenvalue weighted by atomic mass is 32.2. The van der Waals surface area contributed by atoms with E-state index >= 15 is 0 Å². The van der Waals surface area contributed by atoms with E-state index in [4.69, 9.17) is 0 Å². The third-order valence-electron chi connectivity index (χ3n) is 3.00. The zero-order valence-corrected chi connectivity index (χ0v) is 12.2. The zero-order chi connectivity index (χ0) is 14.6. The fourth-order valence-corrected chi connectivity index (χ4v) is 3.46. The number of para-hydroxylation sites is 1. The summed E-state index contributed by atoms with van der Waals surface area (Å²) in [6, 6.07) is 6.41. The molecule has 1 aromatic heterocycles. The highest BCUT2D eigenvalue weighted by Gasteiger charge is 2.23. The van der Waals surface area contributed by atoms with Crippen LogP contribution in [0.5, 0.6) is 0 Å². The average molecular weight is 294 g/mol. The van der Waals surface area contributed by atoms with Crippen LogP contribution < -0.4 is 10.0 Å². The van der Waals surface area contributed by atoms with Gasteiger partial charge in [-0.3, -0.25) is 0 Å². The molecule has 0 saturated heterocycles. The van der Waals surface area contributed by atoms with Gasteiger partial charge in [-0.1, -0.05) is 19.1 Å². The van der Waals surface area contributed by atoms with Crippen molar-refractivity contribution in [1.29, 1.82) is 0 Å². The number of aromatic nitrogens is 2. The Morgan fingerprint density at radius 3 is 2.70 bits per heavy atom. The molecule has 2 rings (SSSR count). The third kappa shape index (κ3) is 3.00. The van der Waals surface area contributed by atoms with E-state index in [9.17, 15) is 8.42 Å². The van der Waals surface area contributed by atoms with Gasteiger partial charge in [0.2, 0.25) is 10.0 Å². The number of hydrogen-bond acceptors (Lipinski definition) is 4. The zero-order valence-electron chi connectivity index (χ0n) is 11.4. The molecule has 20 heavy (non-hydrogen) atoms. The Morgan fingerprint density at radius 1 is 1.35 bits per heavy atom. The number of sulfonamides is 1. The lowest BCUT2D eigenvalue weighted by Crippen LogP contribution is -2.29. The lowest BCUT2D eigenvalue weighted by atomic mass is 10.2. The molecule has 1 unspecified atom stereocenters. The van der Waals surface area contributed by atoms with Gasteiger partial charge in [-0.05, 0) is 18.6 Å². The van der Waals surface area contributed by atoms with E-state index in [0.29, 0.717) is 17.9 Å². The van der Waals surface area contributed by atoms with Crippen LogP contribution in [0.25, 0.3) is 0 Å². The van der Waals surface area contributed by atoms with E-state index < -0.39 is 10.0 Å². The number of nitrogens with one attached hydrogen (secondary N) is 3. The van der Waals surface area contributed by atoms with Crippen LogP contribution >= 0.6 is 0 Å². The SMILES string of the molecule is CCC(NS(=O)(=O)c1ccccc1NC)c1ncc[nH]1. The first-order valence-electron chi connectivity index (χ1n) is 6.37. The van der Waals surface area contributed by atoms with Crippen LogP contribution in [-0.2, 0) is 10.0 Å².